The first-order valence-corrected chi connectivity index (χ1v) is 42.3. The highest BCUT2D eigenvalue weighted by molar-refractivity contribution is 5.76. The van der Waals surface area contributed by atoms with Crippen LogP contribution in [0.15, 0.2) is 122 Å². The molecular formula is C88H151NO18. The van der Waals surface area contributed by atoms with Crippen LogP contribution in [0.3, 0.4) is 0 Å². The van der Waals surface area contributed by atoms with Gasteiger partial charge < -0.3 is 89.9 Å². The average molecular weight is 1510 g/mol. The standard InChI is InChI=1S/C88H151NO18/c1-3-5-7-9-11-13-15-17-19-21-23-25-27-29-31-33-35-37-39-41-43-45-47-49-51-53-55-57-59-61-63-65-72(93)71(89-76(94)66-64-62-60-58-56-54-52-50-48-46-44-42-40-38-36-34-32-30-28-26-24-22-20-18-16-14-12-10-8-6-4-2)70-102-86-82(100)79(97)84(74(68-91)104-86)107-88-83(101)80(98)85(75(69-92)105-88)106-87-81(99)78(96)77(95)73(67-90)103-87/h6,8,12,14,18,20,24,26,30,32,36,38,42,44,48,50,55,57,63,65,71-75,77-88,90-93,95-101H,3-5,7,9-11,13,15-17,19,21-23,25,27-29,31,33-35,37,39-41,43,45-47,49,51-54,56,58-62,64,66-70H2,1-2H3,(H,89,94)/b8-6-,14-12-,20-18-,26-24-,32-30-,38-36-,44-42-,50-48-,57-55+,65-63+. The summed E-state index contributed by atoms with van der Waals surface area (Å²) in [6, 6.07) is -1.01. The van der Waals surface area contributed by atoms with E-state index in [0.29, 0.717) is 12.8 Å². The number of ether oxygens (including phenoxy) is 6. The Balaban J connectivity index is 1.39. The lowest BCUT2D eigenvalue weighted by atomic mass is 9.96. The normalized spacial score (nSPS) is 26.2. The molecule has 0 aromatic heterocycles. The van der Waals surface area contributed by atoms with Gasteiger partial charge in [-0.15, -0.1) is 0 Å². The number of allylic oxidation sites excluding steroid dienone is 19. The highest BCUT2D eigenvalue weighted by Gasteiger charge is 2.54. The lowest BCUT2D eigenvalue weighted by Crippen LogP contribution is -2.66. The van der Waals surface area contributed by atoms with Gasteiger partial charge >= 0.3 is 0 Å². The molecule has 0 aromatic carbocycles. The molecule has 1 amide bonds. The topological polar surface area (TPSA) is 307 Å². The molecular weight excluding hydrogens is 1360 g/mol. The maximum absolute atomic E-state index is 13.5. The number of carbonyl (C=O) groups excluding carboxylic acids is 1. The summed E-state index contributed by atoms with van der Waals surface area (Å²) in [5, 5.41) is 121. The first kappa shape index (κ1) is 97.4. The number of nitrogens with one attached hydrogen (secondary N) is 1. The van der Waals surface area contributed by atoms with Crippen molar-refractivity contribution >= 4 is 5.91 Å². The quantitative estimate of drug-likeness (QED) is 0.0199. The molecule has 19 nitrogen and oxygen atoms in total. The molecule has 0 saturated carbocycles. The van der Waals surface area contributed by atoms with E-state index >= 15 is 0 Å². The van der Waals surface area contributed by atoms with Crippen LogP contribution in [0.25, 0.3) is 0 Å². The number of aliphatic hydroxyl groups excluding tert-OH is 11. The van der Waals surface area contributed by atoms with E-state index in [1.807, 2.05) is 6.08 Å². The number of unbranched alkanes of at least 4 members (excludes halogenated alkanes) is 32. The summed E-state index contributed by atoms with van der Waals surface area (Å²) in [6.45, 7) is 1.61. The van der Waals surface area contributed by atoms with Gasteiger partial charge in [-0.05, 0) is 96.3 Å². The smallest absolute Gasteiger partial charge is 0.220 e. The second-order valence-corrected chi connectivity index (χ2v) is 29.6. The highest BCUT2D eigenvalue weighted by atomic mass is 16.8. The number of hydrogen-bond acceptors (Lipinski definition) is 18. The fourth-order valence-corrected chi connectivity index (χ4v) is 13.5. The first-order chi connectivity index (χ1) is 52.3. The van der Waals surface area contributed by atoms with E-state index in [-0.39, 0.29) is 18.9 Å². The molecule has 3 saturated heterocycles. The largest absolute Gasteiger partial charge is 0.394 e. The van der Waals surface area contributed by atoms with Gasteiger partial charge in [0, 0.05) is 6.42 Å². The summed E-state index contributed by atoms with van der Waals surface area (Å²) in [7, 11) is 0. The van der Waals surface area contributed by atoms with Gasteiger partial charge in [0.15, 0.2) is 18.9 Å². The molecule has 0 aliphatic carbocycles. The maximum Gasteiger partial charge on any atom is 0.220 e. The van der Waals surface area contributed by atoms with Crippen molar-refractivity contribution in [2.45, 2.75) is 401 Å². The molecule has 17 atom stereocenters. The Bertz CT molecular complexity index is 2410. The Kier molecular flexibility index (Phi) is 60.8. The molecule has 616 valence electrons. The van der Waals surface area contributed by atoms with Crippen LogP contribution in [0.2, 0.25) is 0 Å². The van der Waals surface area contributed by atoms with Crippen LogP contribution >= 0.6 is 0 Å². The van der Waals surface area contributed by atoms with Gasteiger partial charge in [-0.2, -0.15) is 0 Å². The summed E-state index contributed by atoms with van der Waals surface area (Å²) >= 11 is 0. The van der Waals surface area contributed by atoms with Crippen LogP contribution in [0.1, 0.15) is 296 Å². The van der Waals surface area contributed by atoms with Gasteiger partial charge in [0.05, 0.1) is 38.6 Å². The summed E-state index contributed by atoms with van der Waals surface area (Å²) in [6.07, 6.45) is 67.6. The van der Waals surface area contributed by atoms with Gasteiger partial charge in [0.2, 0.25) is 5.91 Å². The minimum Gasteiger partial charge on any atom is -0.394 e. The van der Waals surface area contributed by atoms with Crippen molar-refractivity contribution in [3.8, 4) is 0 Å². The minimum absolute atomic E-state index is 0.210. The highest BCUT2D eigenvalue weighted by Crippen LogP contribution is 2.33. The van der Waals surface area contributed by atoms with Crippen molar-refractivity contribution in [1.29, 1.82) is 0 Å². The van der Waals surface area contributed by atoms with Crippen molar-refractivity contribution in [1.82, 2.24) is 5.32 Å². The Morgan fingerprint density at radius 3 is 1.05 bits per heavy atom. The summed E-state index contributed by atoms with van der Waals surface area (Å²) in [5.74, 6) is -0.302. The van der Waals surface area contributed by atoms with E-state index in [4.69, 9.17) is 28.4 Å². The van der Waals surface area contributed by atoms with Crippen molar-refractivity contribution < 1.29 is 89.4 Å². The third-order valence-electron chi connectivity index (χ3n) is 20.2. The zero-order valence-electron chi connectivity index (χ0n) is 66.1. The second kappa shape index (κ2) is 66.8. The molecule has 0 bridgehead atoms. The number of hydrogen-bond donors (Lipinski definition) is 12. The molecule has 0 radical (unpaired) electrons. The van der Waals surface area contributed by atoms with Crippen LogP contribution in [-0.4, -0.2) is 193 Å². The summed E-state index contributed by atoms with van der Waals surface area (Å²) < 4.78 is 34.4. The molecule has 17 unspecified atom stereocenters. The first-order valence-electron chi connectivity index (χ1n) is 42.3. The lowest BCUT2D eigenvalue weighted by molar-refractivity contribution is -0.379. The van der Waals surface area contributed by atoms with E-state index in [2.05, 4.69) is 129 Å². The molecule has 19 heteroatoms. The van der Waals surface area contributed by atoms with Crippen LogP contribution < -0.4 is 5.32 Å². The van der Waals surface area contributed by atoms with E-state index in [9.17, 15) is 61.0 Å². The van der Waals surface area contributed by atoms with Crippen LogP contribution in [0.4, 0.5) is 0 Å². The van der Waals surface area contributed by atoms with E-state index in [0.717, 1.165) is 109 Å². The molecule has 3 rings (SSSR count). The van der Waals surface area contributed by atoms with Crippen molar-refractivity contribution in [3.63, 3.8) is 0 Å². The molecule has 3 aliphatic heterocycles. The van der Waals surface area contributed by atoms with Crippen molar-refractivity contribution in [2.24, 2.45) is 0 Å². The maximum atomic E-state index is 13.5. The molecule has 12 N–H and O–H groups in total. The zero-order valence-corrected chi connectivity index (χ0v) is 66.1. The minimum atomic E-state index is -1.99. The van der Waals surface area contributed by atoms with Gasteiger partial charge in [-0.3, -0.25) is 4.79 Å². The molecule has 3 aliphatic rings. The van der Waals surface area contributed by atoms with Crippen LogP contribution in [-0.2, 0) is 33.2 Å². The van der Waals surface area contributed by atoms with Gasteiger partial charge in [0.1, 0.15) is 73.2 Å². The predicted octanol–water partition coefficient (Wildman–Crippen LogP) is 15.1. The van der Waals surface area contributed by atoms with E-state index in [1.165, 1.54) is 154 Å². The third-order valence-corrected chi connectivity index (χ3v) is 20.2. The Labute approximate surface area is 646 Å². The van der Waals surface area contributed by atoms with E-state index < -0.39 is 124 Å². The summed E-state index contributed by atoms with van der Waals surface area (Å²) in [4.78, 5) is 13.5. The van der Waals surface area contributed by atoms with E-state index in [1.54, 1.807) is 6.08 Å². The Morgan fingerprint density at radius 2 is 0.654 bits per heavy atom. The van der Waals surface area contributed by atoms with Gasteiger partial charge in [0.25, 0.3) is 0 Å². The zero-order chi connectivity index (χ0) is 77.4. The summed E-state index contributed by atoms with van der Waals surface area (Å²) in [5.41, 5.74) is 0. The van der Waals surface area contributed by atoms with Crippen molar-refractivity contribution in [3.05, 3.63) is 122 Å². The molecule has 3 fully saturated rings. The van der Waals surface area contributed by atoms with Crippen molar-refractivity contribution in [2.75, 3.05) is 26.4 Å². The average Bonchev–Trinajstić information content (AvgIpc) is 0.780. The lowest BCUT2D eigenvalue weighted by Gasteiger charge is -2.48. The number of aliphatic hydroxyl groups is 11. The Hall–Kier alpha value is -3.81. The van der Waals surface area contributed by atoms with Gasteiger partial charge in [-0.1, -0.05) is 315 Å². The third kappa shape index (κ3) is 46.1. The fourth-order valence-electron chi connectivity index (χ4n) is 13.5. The van der Waals surface area contributed by atoms with Crippen LogP contribution in [0.5, 0.6) is 0 Å². The number of carbonyl (C=O) groups is 1. The number of rotatable bonds is 66. The molecule has 3 heterocycles. The molecule has 107 heavy (non-hydrogen) atoms. The molecule has 0 spiro atoms. The van der Waals surface area contributed by atoms with Crippen LogP contribution in [0, 0.1) is 0 Å². The SMILES string of the molecule is CC/C=C\C/C=C\C/C=C\C/C=C\C/C=C\C/C=C\C/C=C\C/C=C\CCCCCCCCC(=O)NC(COC1OC(CO)C(OC2OC(CO)C(OC3OC(CO)C(O)C(O)C3O)C(O)C2O)C(O)C1O)C(O)/C=C/CC/C=C/CCCCCCCCCCCCCCCCCCCCCCCCCCC. The number of amides is 1. The monoisotopic (exact) mass is 1510 g/mol. The Morgan fingerprint density at radius 1 is 0.346 bits per heavy atom. The molecule has 0 aromatic rings. The predicted molar refractivity (Wildman–Crippen MR) is 429 cm³/mol. The fraction of sp³-hybridized carbons (Fsp3) is 0.761. The second-order valence-electron chi connectivity index (χ2n) is 29.6. The van der Waals surface area contributed by atoms with Gasteiger partial charge in [-0.25, -0.2) is 0 Å².